The van der Waals surface area contributed by atoms with Crippen LogP contribution in [0, 0.1) is 18.8 Å². The number of hydrogen-bond acceptors (Lipinski definition) is 4. The quantitative estimate of drug-likeness (QED) is 0.344. The zero-order chi connectivity index (χ0) is 22.9. The van der Waals surface area contributed by atoms with Crippen molar-refractivity contribution in [2.45, 2.75) is 31.6 Å². The number of hydrogen-bond donors (Lipinski definition) is 1. The molecule has 3 atom stereocenters. The number of halogens is 2. The second kappa shape index (κ2) is 7.15. The van der Waals surface area contributed by atoms with Gasteiger partial charge in [-0.3, -0.25) is 9.78 Å². The Balaban J connectivity index is 1.37. The van der Waals surface area contributed by atoms with Crippen molar-refractivity contribution < 1.29 is 13.6 Å². The van der Waals surface area contributed by atoms with Crippen LogP contribution in [0.4, 0.5) is 14.5 Å². The lowest BCUT2D eigenvalue weighted by Crippen LogP contribution is -2.56. The monoisotopic (exact) mass is 466 g/mol. The summed E-state index contributed by atoms with van der Waals surface area (Å²) in [6, 6.07) is 9.45. The predicted molar refractivity (Wildman–Crippen MR) is 123 cm³/mol. The Morgan fingerprint density at radius 1 is 1.21 bits per heavy atom. The number of nitrogens with one attached hydrogen (secondary N) is 1. The number of imidazole rings is 1. The minimum atomic E-state index is -3.16. The Morgan fingerprint density at radius 3 is 2.73 bits per heavy atom. The largest absolute Gasteiger partial charge is 0.354 e. The number of amides is 1. The van der Waals surface area contributed by atoms with Gasteiger partial charge >= 0.3 is 5.79 Å². The molecular weight excluding hydrogens is 445 g/mol. The van der Waals surface area contributed by atoms with E-state index in [9.17, 15) is 13.6 Å². The first-order valence-electron chi connectivity index (χ1n) is 10.8. The number of alkyl halides is 2. The van der Waals surface area contributed by atoms with Gasteiger partial charge in [-0.2, -0.15) is 13.9 Å². The van der Waals surface area contributed by atoms with Gasteiger partial charge in [0.1, 0.15) is 0 Å². The summed E-state index contributed by atoms with van der Waals surface area (Å²) in [6.45, 7) is 1.90. The van der Waals surface area contributed by atoms with Gasteiger partial charge in [0.2, 0.25) is 5.91 Å². The van der Waals surface area contributed by atoms with Crippen LogP contribution in [0.25, 0.3) is 22.3 Å². The number of carbonyl (C=O) groups excluding carboxylic acids is 1. The first kappa shape index (κ1) is 20.4. The summed E-state index contributed by atoms with van der Waals surface area (Å²) >= 11 is 0. The molecular formula is C23H21F2N6OP. The number of carbonyl (C=O) groups is 1. The van der Waals surface area contributed by atoms with Gasteiger partial charge in [-0.25, -0.2) is 9.67 Å². The van der Waals surface area contributed by atoms with E-state index in [1.807, 2.05) is 42.2 Å². The highest BCUT2D eigenvalue weighted by Gasteiger charge is 2.55. The molecule has 2 aliphatic rings. The zero-order valence-corrected chi connectivity index (χ0v) is 18.9. The molecule has 1 amide bonds. The van der Waals surface area contributed by atoms with Crippen molar-refractivity contribution in [1.82, 2.24) is 24.7 Å². The maximum Gasteiger partial charge on any atom is 0.354 e. The molecule has 10 heteroatoms. The molecule has 1 aliphatic carbocycles. The second-order valence-electron chi connectivity index (χ2n) is 8.75. The number of aromatic amines is 1. The summed E-state index contributed by atoms with van der Waals surface area (Å²) in [4.78, 5) is 27.1. The van der Waals surface area contributed by atoms with Crippen LogP contribution < -0.4 is 4.90 Å². The molecule has 4 heterocycles. The van der Waals surface area contributed by atoms with Gasteiger partial charge in [0.15, 0.2) is 0 Å². The van der Waals surface area contributed by atoms with Crippen LogP contribution >= 0.6 is 9.24 Å². The van der Waals surface area contributed by atoms with E-state index in [-0.39, 0.29) is 17.9 Å². The number of anilines is 1. The number of H-pyrrole nitrogens is 1. The summed E-state index contributed by atoms with van der Waals surface area (Å²) in [5.41, 5.74) is 5.37. The average Bonchev–Trinajstić information content (AvgIpc) is 3.25. The van der Waals surface area contributed by atoms with E-state index in [1.54, 1.807) is 6.33 Å². The van der Waals surface area contributed by atoms with E-state index in [0.29, 0.717) is 21.9 Å². The SMILES string of the molecule is Cc1nc(-c2cnn(C(F)(F)P)c2)ccc1[C@@H]1C(C2CC2)C(=O)N1c1ccc2nc[nH]c2c1. The molecule has 0 spiro atoms. The van der Waals surface area contributed by atoms with Crippen LogP contribution in [0.3, 0.4) is 0 Å². The van der Waals surface area contributed by atoms with Crippen molar-refractivity contribution in [2.75, 3.05) is 4.90 Å². The minimum Gasteiger partial charge on any atom is -0.345 e. The Kier molecular flexibility index (Phi) is 4.43. The predicted octanol–water partition coefficient (Wildman–Crippen LogP) is 4.63. The lowest BCUT2D eigenvalue weighted by atomic mass is 9.78. The number of pyridine rings is 1. The fraction of sp³-hybridized carbons (Fsp3) is 0.304. The number of aromatic nitrogens is 5. The molecule has 1 aliphatic heterocycles. The van der Waals surface area contributed by atoms with E-state index in [4.69, 9.17) is 4.98 Å². The fourth-order valence-corrected chi connectivity index (χ4v) is 4.92. The minimum absolute atomic E-state index is 0.0626. The third-order valence-corrected chi connectivity index (χ3v) is 6.85. The van der Waals surface area contributed by atoms with Crippen LogP contribution in [0.5, 0.6) is 0 Å². The van der Waals surface area contributed by atoms with Gasteiger partial charge in [0.25, 0.3) is 0 Å². The molecule has 0 radical (unpaired) electrons. The molecule has 7 nitrogen and oxygen atoms in total. The highest BCUT2D eigenvalue weighted by Crippen LogP contribution is 2.54. The van der Waals surface area contributed by atoms with E-state index >= 15 is 0 Å². The first-order valence-corrected chi connectivity index (χ1v) is 11.3. The lowest BCUT2D eigenvalue weighted by molar-refractivity contribution is -0.131. The first-order chi connectivity index (χ1) is 15.8. The maximum atomic E-state index is 13.5. The number of nitrogens with zero attached hydrogens (tertiary/aromatic N) is 5. The number of aryl methyl sites for hydroxylation is 1. The van der Waals surface area contributed by atoms with Crippen LogP contribution in [-0.4, -0.2) is 30.6 Å². The van der Waals surface area contributed by atoms with Gasteiger partial charge in [-0.1, -0.05) is 6.07 Å². The van der Waals surface area contributed by atoms with Crippen molar-refractivity contribution in [3.63, 3.8) is 0 Å². The summed E-state index contributed by atoms with van der Waals surface area (Å²) in [7, 11) is 1.47. The van der Waals surface area contributed by atoms with Crippen molar-refractivity contribution in [2.24, 2.45) is 11.8 Å². The van der Waals surface area contributed by atoms with Crippen molar-refractivity contribution in [3.8, 4) is 11.3 Å². The van der Waals surface area contributed by atoms with E-state index in [1.165, 1.54) is 21.6 Å². The fourth-order valence-electron chi connectivity index (χ4n) is 4.78. The van der Waals surface area contributed by atoms with Crippen LogP contribution in [0.2, 0.25) is 0 Å². The summed E-state index contributed by atoms with van der Waals surface area (Å²) in [5, 5.41) is 3.75. The van der Waals surface area contributed by atoms with Crippen molar-refractivity contribution in [3.05, 3.63) is 60.3 Å². The number of rotatable bonds is 5. The smallest absolute Gasteiger partial charge is 0.345 e. The molecule has 2 fully saturated rings. The van der Waals surface area contributed by atoms with Crippen molar-refractivity contribution >= 4 is 31.9 Å². The number of benzene rings is 1. The molecule has 1 N–H and O–H groups in total. The molecule has 6 rings (SSSR count). The van der Waals surface area contributed by atoms with E-state index in [0.717, 1.165) is 40.8 Å². The molecule has 4 aromatic rings. The third-order valence-electron chi connectivity index (χ3n) is 6.58. The van der Waals surface area contributed by atoms with Gasteiger partial charge in [0.05, 0.1) is 41.2 Å². The molecule has 1 saturated carbocycles. The molecule has 1 aromatic carbocycles. The molecule has 33 heavy (non-hydrogen) atoms. The van der Waals surface area contributed by atoms with Gasteiger partial charge < -0.3 is 9.88 Å². The summed E-state index contributed by atoms with van der Waals surface area (Å²) in [5.74, 6) is -2.69. The van der Waals surface area contributed by atoms with Crippen LogP contribution in [0.15, 0.2) is 49.1 Å². The Bertz CT molecular complexity index is 1390. The van der Waals surface area contributed by atoms with Gasteiger partial charge in [-0.05, 0) is 64.8 Å². The van der Waals surface area contributed by atoms with E-state index in [2.05, 4.69) is 15.1 Å². The average molecular weight is 466 g/mol. The molecule has 1 saturated heterocycles. The standard InChI is InChI=1S/C23H21F2N6OP/c1-12-16(5-7-17(29-12)14-9-28-30(10-14)23(24,25)33)21-20(13-2-3-13)22(32)31(21)15-4-6-18-19(8-15)27-11-26-18/h4-11,13,20-21H,2-3,33H2,1H3,(H,26,27)/t20?,21-/m1/s1. The Hall–Kier alpha value is -3.19. The van der Waals surface area contributed by atoms with Crippen LogP contribution in [-0.2, 0) is 10.6 Å². The molecule has 0 bridgehead atoms. The summed E-state index contributed by atoms with van der Waals surface area (Å²) in [6.07, 6.45) is 6.42. The number of β-lactam (4-membered cyclic amide) rings is 1. The lowest BCUT2D eigenvalue weighted by Gasteiger charge is -2.48. The Morgan fingerprint density at radius 2 is 2.03 bits per heavy atom. The number of fused-ring (bicyclic) bond motifs is 1. The normalized spacial score (nSPS) is 21.0. The second-order valence-corrected chi connectivity index (χ2v) is 9.45. The van der Waals surface area contributed by atoms with Gasteiger partial charge in [0, 0.05) is 23.1 Å². The third kappa shape index (κ3) is 3.33. The topological polar surface area (TPSA) is 79.7 Å². The van der Waals surface area contributed by atoms with Gasteiger partial charge in [-0.15, -0.1) is 0 Å². The Labute approximate surface area is 190 Å². The summed E-state index contributed by atoms with van der Waals surface area (Å²) < 4.78 is 27.7. The highest BCUT2D eigenvalue weighted by molar-refractivity contribution is 7.17. The highest BCUT2D eigenvalue weighted by atomic mass is 31.0. The maximum absolute atomic E-state index is 13.5. The van der Waals surface area contributed by atoms with Crippen LogP contribution in [0.1, 0.15) is 30.1 Å². The van der Waals surface area contributed by atoms with E-state index < -0.39 is 5.79 Å². The zero-order valence-electron chi connectivity index (χ0n) is 17.7. The molecule has 168 valence electrons. The molecule has 2 unspecified atom stereocenters. The molecule has 3 aromatic heterocycles. The van der Waals surface area contributed by atoms with Crippen molar-refractivity contribution in [1.29, 1.82) is 0 Å².